The van der Waals surface area contributed by atoms with Gasteiger partial charge >= 0.3 is 5.97 Å². The van der Waals surface area contributed by atoms with Crippen molar-refractivity contribution in [3.8, 4) is 0 Å². The number of nitrogens with zero attached hydrogens (tertiary/aromatic N) is 1. The monoisotopic (exact) mass is 331 g/mol. The summed E-state index contributed by atoms with van der Waals surface area (Å²) >= 11 is 0. The highest BCUT2D eigenvalue weighted by Gasteiger charge is 2.35. The normalized spacial score (nSPS) is 19.4. The third-order valence-corrected chi connectivity index (χ3v) is 5.22. The molecule has 0 bridgehead atoms. The highest BCUT2D eigenvalue weighted by atomic mass is 16.5. The summed E-state index contributed by atoms with van der Waals surface area (Å²) in [5.41, 5.74) is 2.67. The molecule has 1 aliphatic heterocycles. The fourth-order valence-electron chi connectivity index (χ4n) is 3.80. The first-order valence-electron chi connectivity index (χ1n) is 9.54. The van der Waals surface area contributed by atoms with Crippen LogP contribution in [0.4, 0.5) is 0 Å². The third kappa shape index (κ3) is 5.34. The number of hydrogen-bond donors (Lipinski definition) is 0. The first kappa shape index (κ1) is 19.0. The van der Waals surface area contributed by atoms with Crippen molar-refractivity contribution in [1.82, 2.24) is 4.90 Å². The molecule has 0 aliphatic carbocycles. The molecule has 0 saturated carbocycles. The number of ether oxygens (including phenoxy) is 1. The molecule has 0 aromatic heterocycles. The predicted molar refractivity (Wildman–Crippen MR) is 99.2 cm³/mol. The van der Waals surface area contributed by atoms with Gasteiger partial charge in [0.25, 0.3) is 0 Å². The average Bonchev–Trinajstić information content (AvgIpc) is 3.08. The molecule has 134 valence electrons. The average molecular weight is 332 g/mol. The molecule has 1 aromatic carbocycles. The second-order valence-electron chi connectivity index (χ2n) is 7.11. The summed E-state index contributed by atoms with van der Waals surface area (Å²) < 4.78 is 5.04. The molecule has 2 rings (SSSR count). The largest absolute Gasteiger partial charge is 0.468 e. The van der Waals surface area contributed by atoms with E-state index in [2.05, 4.69) is 43.0 Å². The summed E-state index contributed by atoms with van der Waals surface area (Å²) in [5.74, 6) is -0.0602. The Morgan fingerprint density at radius 2 is 2.00 bits per heavy atom. The number of esters is 1. The SMILES string of the molecule is CCCCCCC(Cc1ccc(C)cc1)N1CCC[C@H]1C(=O)OC. The second kappa shape index (κ2) is 9.83. The van der Waals surface area contributed by atoms with Crippen LogP contribution in [0.25, 0.3) is 0 Å². The van der Waals surface area contributed by atoms with Crippen molar-refractivity contribution in [2.24, 2.45) is 0 Å². The van der Waals surface area contributed by atoms with Gasteiger partial charge in [-0.1, -0.05) is 62.4 Å². The molecule has 3 heteroatoms. The van der Waals surface area contributed by atoms with Gasteiger partial charge in [0.05, 0.1) is 7.11 Å². The van der Waals surface area contributed by atoms with Crippen molar-refractivity contribution in [2.45, 2.75) is 77.3 Å². The number of carbonyl (C=O) groups excluding carboxylic acids is 1. The van der Waals surface area contributed by atoms with Gasteiger partial charge in [0.1, 0.15) is 6.04 Å². The zero-order valence-electron chi connectivity index (χ0n) is 15.6. The van der Waals surface area contributed by atoms with E-state index in [-0.39, 0.29) is 12.0 Å². The number of methoxy groups -OCH3 is 1. The Hall–Kier alpha value is -1.35. The van der Waals surface area contributed by atoms with E-state index in [9.17, 15) is 4.79 Å². The molecule has 1 unspecified atom stereocenters. The molecule has 2 atom stereocenters. The van der Waals surface area contributed by atoms with Crippen molar-refractivity contribution >= 4 is 5.97 Å². The maximum Gasteiger partial charge on any atom is 0.323 e. The highest BCUT2D eigenvalue weighted by molar-refractivity contribution is 5.76. The Labute approximate surface area is 147 Å². The van der Waals surface area contributed by atoms with Crippen LogP contribution < -0.4 is 0 Å². The van der Waals surface area contributed by atoms with Gasteiger partial charge in [-0.2, -0.15) is 0 Å². The van der Waals surface area contributed by atoms with Crippen LogP contribution in [0.5, 0.6) is 0 Å². The Balaban J connectivity index is 2.06. The fourth-order valence-corrected chi connectivity index (χ4v) is 3.80. The molecular weight excluding hydrogens is 298 g/mol. The van der Waals surface area contributed by atoms with Gasteiger partial charge in [0.2, 0.25) is 0 Å². The standard InChI is InChI=1S/C21H33NO2/c1-4-5-6-7-9-19(16-18-13-11-17(2)12-14-18)22-15-8-10-20(22)21(23)24-3/h11-14,19-20H,4-10,15-16H2,1-3H3/t19?,20-/m0/s1. The fraction of sp³-hybridized carbons (Fsp3) is 0.667. The molecule has 0 amide bonds. The Kier molecular flexibility index (Phi) is 7.77. The summed E-state index contributed by atoms with van der Waals surface area (Å²) in [4.78, 5) is 14.6. The number of rotatable bonds is 9. The number of benzene rings is 1. The smallest absolute Gasteiger partial charge is 0.323 e. The van der Waals surface area contributed by atoms with E-state index in [1.165, 1.54) is 50.3 Å². The van der Waals surface area contributed by atoms with Gasteiger partial charge in [-0.25, -0.2) is 0 Å². The minimum atomic E-state index is -0.0602. The predicted octanol–water partition coefficient (Wildman–Crippen LogP) is 4.51. The number of likely N-dealkylation sites (tertiary alicyclic amines) is 1. The lowest BCUT2D eigenvalue weighted by Gasteiger charge is -2.32. The lowest BCUT2D eigenvalue weighted by atomic mass is 9.97. The minimum absolute atomic E-state index is 0.0448. The van der Waals surface area contributed by atoms with E-state index in [1.54, 1.807) is 0 Å². The van der Waals surface area contributed by atoms with Gasteiger partial charge in [-0.05, 0) is 44.7 Å². The molecule has 0 N–H and O–H groups in total. The maximum absolute atomic E-state index is 12.1. The topological polar surface area (TPSA) is 29.5 Å². The zero-order valence-corrected chi connectivity index (χ0v) is 15.6. The lowest BCUT2D eigenvalue weighted by Crippen LogP contribution is -2.44. The maximum atomic E-state index is 12.1. The first-order chi connectivity index (χ1) is 11.7. The second-order valence-corrected chi connectivity index (χ2v) is 7.11. The van der Waals surface area contributed by atoms with E-state index in [0.717, 1.165) is 25.8 Å². The van der Waals surface area contributed by atoms with Crippen molar-refractivity contribution in [3.05, 3.63) is 35.4 Å². The lowest BCUT2D eigenvalue weighted by molar-refractivity contribution is -0.146. The zero-order chi connectivity index (χ0) is 17.4. The van der Waals surface area contributed by atoms with Crippen LogP contribution in [0.2, 0.25) is 0 Å². The number of aryl methyl sites for hydroxylation is 1. The summed E-state index contributed by atoms with van der Waals surface area (Å²) in [6.45, 7) is 5.39. The minimum Gasteiger partial charge on any atom is -0.468 e. The van der Waals surface area contributed by atoms with Crippen LogP contribution >= 0.6 is 0 Å². The molecule has 1 aromatic rings. The quantitative estimate of drug-likeness (QED) is 0.492. The van der Waals surface area contributed by atoms with Gasteiger partial charge in [-0.15, -0.1) is 0 Å². The molecule has 0 spiro atoms. The summed E-state index contributed by atoms with van der Waals surface area (Å²) in [6, 6.07) is 9.24. The molecule has 0 radical (unpaired) electrons. The summed E-state index contributed by atoms with van der Waals surface area (Å²) in [7, 11) is 1.51. The van der Waals surface area contributed by atoms with Crippen molar-refractivity contribution in [1.29, 1.82) is 0 Å². The van der Waals surface area contributed by atoms with Crippen molar-refractivity contribution < 1.29 is 9.53 Å². The Bertz CT molecular complexity index is 497. The van der Waals surface area contributed by atoms with Gasteiger partial charge in [0, 0.05) is 6.04 Å². The van der Waals surface area contributed by atoms with Crippen LogP contribution in [-0.2, 0) is 16.0 Å². The van der Waals surface area contributed by atoms with E-state index >= 15 is 0 Å². The molecular formula is C21H33NO2. The van der Waals surface area contributed by atoms with Crippen LogP contribution in [0, 0.1) is 6.92 Å². The van der Waals surface area contributed by atoms with E-state index < -0.39 is 0 Å². The van der Waals surface area contributed by atoms with E-state index in [0.29, 0.717) is 6.04 Å². The summed E-state index contributed by atoms with van der Waals surface area (Å²) in [5, 5.41) is 0. The Morgan fingerprint density at radius 1 is 1.25 bits per heavy atom. The number of hydrogen-bond acceptors (Lipinski definition) is 3. The van der Waals surface area contributed by atoms with Crippen molar-refractivity contribution in [2.75, 3.05) is 13.7 Å². The Morgan fingerprint density at radius 3 is 2.67 bits per heavy atom. The third-order valence-electron chi connectivity index (χ3n) is 5.22. The molecule has 1 aliphatic rings. The van der Waals surface area contributed by atoms with E-state index in [1.807, 2.05) is 0 Å². The van der Waals surface area contributed by atoms with Crippen molar-refractivity contribution in [3.63, 3.8) is 0 Å². The first-order valence-corrected chi connectivity index (χ1v) is 9.54. The van der Waals surface area contributed by atoms with Gasteiger partial charge in [0.15, 0.2) is 0 Å². The van der Waals surface area contributed by atoms with E-state index in [4.69, 9.17) is 4.74 Å². The molecule has 3 nitrogen and oxygen atoms in total. The van der Waals surface area contributed by atoms with Crippen LogP contribution in [0.1, 0.15) is 63.0 Å². The van der Waals surface area contributed by atoms with Crippen LogP contribution in [-0.4, -0.2) is 36.6 Å². The number of carbonyl (C=O) groups is 1. The molecule has 24 heavy (non-hydrogen) atoms. The van der Waals surface area contributed by atoms with Crippen LogP contribution in [0.3, 0.4) is 0 Å². The molecule has 1 heterocycles. The number of unbranched alkanes of at least 4 members (excludes halogenated alkanes) is 3. The van der Waals surface area contributed by atoms with Crippen LogP contribution in [0.15, 0.2) is 24.3 Å². The summed E-state index contributed by atoms with van der Waals surface area (Å²) in [6.07, 6.45) is 9.33. The molecule has 1 fully saturated rings. The van der Waals surface area contributed by atoms with Gasteiger partial charge < -0.3 is 4.74 Å². The molecule has 1 saturated heterocycles. The van der Waals surface area contributed by atoms with Gasteiger partial charge in [-0.3, -0.25) is 9.69 Å². The highest BCUT2D eigenvalue weighted by Crippen LogP contribution is 2.26.